The van der Waals surface area contributed by atoms with Crippen LogP contribution in [0.5, 0.6) is 0 Å². The van der Waals surface area contributed by atoms with E-state index in [-0.39, 0.29) is 26.2 Å². The molecule has 0 aromatic heterocycles. The number of allylic oxidation sites excluding steroid dienone is 4. The fourth-order valence-corrected chi connectivity index (χ4v) is 3.20. The van der Waals surface area contributed by atoms with Gasteiger partial charge in [-0.15, -0.1) is 12.0 Å². The van der Waals surface area contributed by atoms with E-state index in [4.69, 9.17) is 0 Å². The Morgan fingerprint density at radius 3 is 2.72 bits per heavy atom. The van der Waals surface area contributed by atoms with Crippen LogP contribution in [0.1, 0.15) is 25.3 Å². The van der Waals surface area contributed by atoms with Crippen molar-refractivity contribution in [3.8, 4) is 0 Å². The summed E-state index contributed by atoms with van der Waals surface area (Å²) in [6.07, 6.45) is 12.1. The van der Waals surface area contributed by atoms with E-state index in [1.807, 2.05) is 0 Å². The van der Waals surface area contributed by atoms with Crippen molar-refractivity contribution in [1.29, 1.82) is 0 Å². The number of benzene rings is 1. The van der Waals surface area contributed by atoms with Gasteiger partial charge in [0.15, 0.2) is 0 Å². The molecule has 1 heteroatoms. The maximum absolute atomic E-state index is 2.55. The SMILES string of the molecule is CCC1[CH-]C2C=CC=C(c3ccccc3)C2C1.[Zr]. The maximum Gasteiger partial charge on any atom is 0 e. The second-order valence-corrected chi connectivity index (χ2v) is 5.15. The molecule has 0 saturated heterocycles. The van der Waals surface area contributed by atoms with Gasteiger partial charge >= 0.3 is 0 Å². The van der Waals surface area contributed by atoms with Crippen LogP contribution in [0.15, 0.2) is 48.6 Å². The summed E-state index contributed by atoms with van der Waals surface area (Å²) in [6.45, 7) is 2.30. The molecule has 0 spiro atoms. The van der Waals surface area contributed by atoms with Crippen LogP contribution in [0.2, 0.25) is 0 Å². The van der Waals surface area contributed by atoms with Crippen LogP contribution < -0.4 is 0 Å². The van der Waals surface area contributed by atoms with Gasteiger partial charge in [-0.05, 0) is 17.1 Å². The summed E-state index contributed by atoms with van der Waals surface area (Å²) in [4.78, 5) is 0. The van der Waals surface area contributed by atoms with Crippen LogP contribution >= 0.6 is 0 Å². The predicted octanol–water partition coefficient (Wildman–Crippen LogP) is 4.50. The molecule has 3 atom stereocenters. The molecule has 92 valence electrons. The van der Waals surface area contributed by atoms with Gasteiger partial charge in [-0.2, -0.15) is 5.92 Å². The first-order valence-corrected chi connectivity index (χ1v) is 6.67. The zero-order valence-corrected chi connectivity index (χ0v) is 13.3. The molecule has 0 bridgehead atoms. The molecule has 0 aliphatic heterocycles. The first-order chi connectivity index (χ1) is 8.38. The summed E-state index contributed by atoms with van der Waals surface area (Å²) in [5.41, 5.74) is 2.93. The van der Waals surface area contributed by atoms with Gasteiger partial charge in [0, 0.05) is 26.2 Å². The number of fused-ring (bicyclic) bond motifs is 1. The van der Waals surface area contributed by atoms with E-state index in [9.17, 15) is 0 Å². The topological polar surface area (TPSA) is 0 Å². The Kier molecular flexibility index (Phi) is 4.79. The third-order valence-corrected chi connectivity index (χ3v) is 4.16. The van der Waals surface area contributed by atoms with Gasteiger partial charge in [-0.1, -0.05) is 62.2 Å². The Balaban J connectivity index is 0.00000120. The number of hydrogen-bond donors (Lipinski definition) is 0. The van der Waals surface area contributed by atoms with Gasteiger partial charge in [0.2, 0.25) is 0 Å². The van der Waals surface area contributed by atoms with Crippen molar-refractivity contribution >= 4 is 5.57 Å². The zero-order chi connectivity index (χ0) is 11.7. The van der Waals surface area contributed by atoms with E-state index in [1.54, 1.807) is 0 Å². The summed E-state index contributed by atoms with van der Waals surface area (Å²) in [6, 6.07) is 10.8. The molecule has 3 rings (SSSR count). The summed E-state index contributed by atoms with van der Waals surface area (Å²) >= 11 is 0. The number of rotatable bonds is 2. The minimum atomic E-state index is 0. The minimum absolute atomic E-state index is 0. The fraction of sp³-hybridized carbons (Fsp3) is 0.353. The van der Waals surface area contributed by atoms with Crippen molar-refractivity contribution in [2.75, 3.05) is 0 Å². The van der Waals surface area contributed by atoms with E-state index in [2.05, 4.69) is 61.9 Å². The van der Waals surface area contributed by atoms with Gasteiger partial charge in [0.05, 0.1) is 0 Å². The molecule has 1 fully saturated rings. The van der Waals surface area contributed by atoms with Crippen LogP contribution in [0.25, 0.3) is 5.57 Å². The van der Waals surface area contributed by atoms with Gasteiger partial charge < -0.3 is 6.42 Å². The van der Waals surface area contributed by atoms with E-state index in [0.29, 0.717) is 11.8 Å². The summed E-state index contributed by atoms with van der Waals surface area (Å²) in [5.74, 6) is 2.19. The van der Waals surface area contributed by atoms with Crippen molar-refractivity contribution in [3.05, 3.63) is 60.5 Å². The van der Waals surface area contributed by atoms with Crippen LogP contribution in [0.4, 0.5) is 0 Å². The third kappa shape index (κ3) is 2.62. The molecule has 1 aromatic carbocycles. The third-order valence-electron chi connectivity index (χ3n) is 4.16. The summed E-state index contributed by atoms with van der Waals surface area (Å²) < 4.78 is 0. The average molecular weight is 315 g/mol. The smallest absolute Gasteiger partial charge is 0 e. The first kappa shape index (κ1) is 14.0. The Morgan fingerprint density at radius 1 is 1.22 bits per heavy atom. The Hall–Kier alpha value is -0.417. The van der Waals surface area contributed by atoms with Crippen LogP contribution in [-0.2, 0) is 26.2 Å². The molecule has 0 N–H and O–H groups in total. The molecule has 0 radical (unpaired) electrons. The zero-order valence-electron chi connectivity index (χ0n) is 10.8. The van der Waals surface area contributed by atoms with E-state index < -0.39 is 0 Å². The van der Waals surface area contributed by atoms with E-state index >= 15 is 0 Å². The standard InChI is InChI=1S/C17H19.Zr/c1-2-13-11-15-9-6-10-16(17(15)12-13)14-7-4-3-5-8-14;/h3-11,13,15,17H,2,12H2,1H3;/q-1;. The fourth-order valence-electron chi connectivity index (χ4n) is 3.20. The maximum atomic E-state index is 2.55. The molecular weight excluding hydrogens is 295 g/mol. The molecule has 2 aliphatic rings. The van der Waals surface area contributed by atoms with E-state index in [0.717, 1.165) is 5.92 Å². The molecule has 1 aromatic rings. The van der Waals surface area contributed by atoms with Crippen molar-refractivity contribution in [1.82, 2.24) is 0 Å². The van der Waals surface area contributed by atoms with Crippen molar-refractivity contribution in [2.45, 2.75) is 19.8 Å². The van der Waals surface area contributed by atoms with Crippen LogP contribution in [0, 0.1) is 24.2 Å². The Morgan fingerprint density at radius 2 is 2.00 bits per heavy atom. The van der Waals surface area contributed by atoms with Crippen LogP contribution in [-0.4, -0.2) is 0 Å². The largest absolute Gasteiger partial charge is 0.318 e. The van der Waals surface area contributed by atoms with Gasteiger partial charge in [0.25, 0.3) is 0 Å². The molecule has 2 aliphatic carbocycles. The molecule has 18 heavy (non-hydrogen) atoms. The average Bonchev–Trinajstić information content (AvgIpc) is 2.82. The van der Waals surface area contributed by atoms with Crippen molar-refractivity contribution in [2.24, 2.45) is 17.8 Å². The molecule has 0 nitrogen and oxygen atoms in total. The summed E-state index contributed by atoms with van der Waals surface area (Å²) in [5, 5.41) is 0. The normalized spacial score (nSPS) is 29.4. The molecule has 0 amide bonds. The van der Waals surface area contributed by atoms with E-state index in [1.165, 1.54) is 24.0 Å². The number of hydrogen-bond acceptors (Lipinski definition) is 0. The van der Waals surface area contributed by atoms with Crippen molar-refractivity contribution in [3.63, 3.8) is 0 Å². The summed E-state index contributed by atoms with van der Waals surface area (Å²) in [7, 11) is 0. The minimum Gasteiger partial charge on any atom is -0.318 e. The Bertz CT molecular complexity index is 444. The Labute approximate surface area is 129 Å². The monoisotopic (exact) mass is 313 g/mol. The van der Waals surface area contributed by atoms with Gasteiger partial charge in [0.1, 0.15) is 0 Å². The van der Waals surface area contributed by atoms with Gasteiger partial charge in [-0.25, -0.2) is 0 Å². The second kappa shape index (κ2) is 6.15. The quantitative estimate of drug-likeness (QED) is 0.705. The van der Waals surface area contributed by atoms with Crippen LogP contribution in [0.3, 0.4) is 0 Å². The molecule has 3 unspecified atom stereocenters. The second-order valence-electron chi connectivity index (χ2n) is 5.15. The molecular formula is C17H19Zr-. The molecule has 1 saturated carbocycles. The predicted molar refractivity (Wildman–Crippen MR) is 73.2 cm³/mol. The first-order valence-electron chi connectivity index (χ1n) is 6.67. The van der Waals surface area contributed by atoms with Crippen molar-refractivity contribution < 1.29 is 26.2 Å². The molecule has 0 heterocycles. The van der Waals surface area contributed by atoms with Gasteiger partial charge in [-0.3, -0.25) is 0 Å².